The van der Waals surface area contributed by atoms with Crippen LogP contribution in [0.4, 0.5) is 0 Å². The zero-order chi connectivity index (χ0) is 26.4. The quantitative estimate of drug-likeness (QED) is 0.391. The Morgan fingerprint density at radius 2 is 1.70 bits per heavy atom. The molecule has 0 bridgehead atoms. The lowest BCUT2D eigenvalue weighted by Crippen LogP contribution is -2.57. The van der Waals surface area contributed by atoms with Crippen molar-refractivity contribution in [1.82, 2.24) is 0 Å². The molecule has 0 aliphatic heterocycles. The molecule has 0 spiro atoms. The molecule has 0 amide bonds. The highest BCUT2D eigenvalue weighted by Gasteiger charge is 2.64. The van der Waals surface area contributed by atoms with Crippen molar-refractivity contribution in [2.24, 2.45) is 40.4 Å². The van der Waals surface area contributed by atoms with Gasteiger partial charge < -0.3 is 4.74 Å². The zero-order valence-electron chi connectivity index (χ0n) is 23.2. The first-order valence-corrected chi connectivity index (χ1v) is 15.1. The molecule has 0 N–H and O–H groups in total. The van der Waals surface area contributed by atoms with Gasteiger partial charge in [0.1, 0.15) is 17.7 Å². The Labute approximate surface area is 222 Å². The Morgan fingerprint density at radius 1 is 1.00 bits per heavy atom. The molecule has 0 aromatic rings. The van der Waals surface area contributed by atoms with Gasteiger partial charge in [-0.15, -0.1) is 0 Å². The van der Waals surface area contributed by atoms with E-state index in [1.165, 1.54) is 19.3 Å². The van der Waals surface area contributed by atoms with Crippen LogP contribution < -0.4 is 0 Å². The van der Waals surface area contributed by atoms with Gasteiger partial charge in [-0.05, 0) is 86.5 Å². The van der Waals surface area contributed by atoms with E-state index in [9.17, 15) is 19.2 Å². The van der Waals surface area contributed by atoms with Crippen molar-refractivity contribution in [2.75, 3.05) is 0 Å². The van der Waals surface area contributed by atoms with Crippen molar-refractivity contribution >= 4 is 23.3 Å². The highest BCUT2D eigenvalue weighted by molar-refractivity contribution is 5.99. The summed E-state index contributed by atoms with van der Waals surface area (Å²) in [6.07, 6.45) is 15.0. The summed E-state index contributed by atoms with van der Waals surface area (Å²) in [5, 5.41) is 0. The first-order valence-electron chi connectivity index (χ1n) is 15.1. The van der Waals surface area contributed by atoms with Crippen molar-refractivity contribution in [1.29, 1.82) is 0 Å². The smallest absolute Gasteiger partial charge is 0.306 e. The number of hydrogen-bond acceptors (Lipinski definition) is 5. The van der Waals surface area contributed by atoms with E-state index in [1.807, 2.05) is 0 Å². The second kappa shape index (κ2) is 10.4. The average molecular weight is 511 g/mol. The lowest BCUT2D eigenvalue weighted by Gasteiger charge is -2.56. The van der Waals surface area contributed by atoms with Crippen LogP contribution in [-0.4, -0.2) is 29.4 Å². The second-order valence-electron chi connectivity index (χ2n) is 13.5. The Balaban J connectivity index is 1.26. The third-order valence-electron chi connectivity index (χ3n) is 11.6. The molecule has 7 atom stereocenters. The molecule has 4 fully saturated rings. The van der Waals surface area contributed by atoms with Crippen molar-refractivity contribution < 1.29 is 23.9 Å². The summed E-state index contributed by atoms with van der Waals surface area (Å²) < 4.78 is 5.87. The number of rotatable bonds is 5. The van der Waals surface area contributed by atoms with Gasteiger partial charge in [-0.1, -0.05) is 45.6 Å². The molecule has 0 saturated heterocycles. The molecule has 204 valence electrons. The van der Waals surface area contributed by atoms with Gasteiger partial charge in [-0.3, -0.25) is 19.2 Å². The van der Waals surface area contributed by atoms with Crippen LogP contribution in [-0.2, 0) is 23.9 Å². The van der Waals surface area contributed by atoms with Gasteiger partial charge in [0.25, 0.3) is 0 Å². The van der Waals surface area contributed by atoms with Crippen LogP contribution in [0.1, 0.15) is 117 Å². The van der Waals surface area contributed by atoms with Crippen molar-refractivity contribution in [3.63, 3.8) is 0 Å². The second-order valence-corrected chi connectivity index (χ2v) is 13.5. The minimum atomic E-state index is -0.508. The van der Waals surface area contributed by atoms with Gasteiger partial charge in [0.2, 0.25) is 0 Å². The molecule has 5 aliphatic rings. The van der Waals surface area contributed by atoms with Crippen LogP contribution >= 0.6 is 0 Å². The summed E-state index contributed by atoms with van der Waals surface area (Å²) in [4.78, 5) is 52.3. The molecule has 5 nitrogen and oxygen atoms in total. The highest BCUT2D eigenvalue weighted by atomic mass is 16.5. The van der Waals surface area contributed by atoms with E-state index in [0.717, 1.165) is 56.9 Å². The summed E-state index contributed by atoms with van der Waals surface area (Å²) in [6, 6.07) is 0. The van der Waals surface area contributed by atoms with Crippen LogP contribution in [0.5, 0.6) is 0 Å². The molecule has 37 heavy (non-hydrogen) atoms. The summed E-state index contributed by atoms with van der Waals surface area (Å²) >= 11 is 0. The highest BCUT2D eigenvalue weighted by Crippen LogP contribution is 2.65. The largest absolute Gasteiger partial charge is 0.462 e. The minimum Gasteiger partial charge on any atom is -0.462 e. The third-order valence-corrected chi connectivity index (χ3v) is 11.6. The third kappa shape index (κ3) is 4.78. The van der Waals surface area contributed by atoms with Crippen LogP contribution in [0.2, 0.25) is 0 Å². The van der Waals surface area contributed by atoms with Gasteiger partial charge in [-0.25, -0.2) is 0 Å². The van der Waals surface area contributed by atoms with Crippen molar-refractivity contribution in [2.45, 2.75) is 123 Å². The average Bonchev–Trinajstić information content (AvgIpc) is 3.19. The molecule has 0 heterocycles. The number of fused-ring (bicyclic) bond motifs is 5. The Hall–Kier alpha value is -1.78. The first-order chi connectivity index (χ1) is 17.6. The van der Waals surface area contributed by atoms with Crippen LogP contribution in [0, 0.1) is 40.4 Å². The summed E-state index contributed by atoms with van der Waals surface area (Å²) in [5.74, 6) is 0.957. The predicted octanol–water partition coefficient (Wildman–Crippen LogP) is 6.56. The molecule has 5 aliphatic carbocycles. The number of esters is 1. The van der Waals surface area contributed by atoms with Gasteiger partial charge in [0, 0.05) is 37.0 Å². The van der Waals surface area contributed by atoms with Crippen molar-refractivity contribution in [3.8, 4) is 0 Å². The van der Waals surface area contributed by atoms with Crippen LogP contribution in [0.15, 0.2) is 11.6 Å². The maximum Gasteiger partial charge on any atom is 0.306 e. The lowest BCUT2D eigenvalue weighted by atomic mass is 9.46. The summed E-state index contributed by atoms with van der Waals surface area (Å²) in [6.45, 7) is 6.51. The van der Waals surface area contributed by atoms with E-state index in [0.29, 0.717) is 31.5 Å². The summed E-state index contributed by atoms with van der Waals surface area (Å²) in [5.41, 5.74) is 0.247. The number of Topliss-reactive ketones (excluding diaryl/α,β-unsaturated/α-hetero) is 2. The molecule has 5 rings (SSSR count). The standard InChI is InChI=1S/C32H46O5/c1-20(11-14-29(36)37-23-9-7-5-4-6-8-10-23)24-12-13-25-30-26(19-28(35)32(24,25)3)31(2)16-15-22(33)17-21(31)18-27(30)34/h18,20,23-26,30H,4-17,19H2,1-3H3/t20-,24?,25+,26+,30+,31+,32-/m1/s1. The number of carbonyl (C=O) groups is 4. The molecular weight excluding hydrogens is 464 g/mol. The number of hydrogen-bond donors (Lipinski definition) is 0. The fraction of sp³-hybridized carbons (Fsp3) is 0.812. The zero-order valence-corrected chi connectivity index (χ0v) is 23.2. The SMILES string of the molecule is C[C@H](CCC(=O)OC1CCCCCCC1)C1CC[C@H]2[C@@H]3C(=O)C=C4CC(=O)CC[C@]4(C)[C@H]3CC(=O)[C@]12C. The molecule has 5 heteroatoms. The van der Waals surface area contributed by atoms with E-state index < -0.39 is 5.41 Å². The van der Waals surface area contributed by atoms with Gasteiger partial charge >= 0.3 is 5.97 Å². The van der Waals surface area contributed by atoms with E-state index in [-0.39, 0.29) is 58.6 Å². The van der Waals surface area contributed by atoms with E-state index in [4.69, 9.17) is 4.74 Å². The maximum atomic E-state index is 13.9. The van der Waals surface area contributed by atoms with Crippen LogP contribution in [0.25, 0.3) is 0 Å². The van der Waals surface area contributed by atoms with E-state index in [2.05, 4.69) is 20.8 Å². The Kier molecular flexibility index (Phi) is 7.55. The lowest BCUT2D eigenvalue weighted by molar-refractivity contribution is -0.152. The van der Waals surface area contributed by atoms with E-state index in [1.54, 1.807) is 6.08 Å². The fourth-order valence-electron chi connectivity index (χ4n) is 9.22. The number of carbonyl (C=O) groups excluding carboxylic acids is 4. The number of allylic oxidation sites excluding steroid dienone is 2. The Bertz CT molecular complexity index is 972. The predicted molar refractivity (Wildman–Crippen MR) is 142 cm³/mol. The van der Waals surface area contributed by atoms with Crippen LogP contribution in [0.3, 0.4) is 0 Å². The molecule has 0 aromatic heterocycles. The topological polar surface area (TPSA) is 77.5 Å². The molecule has 0 aromatic carbocycles. The van der Waals surface area contributed by atoms with Gasteiger partial charge in [0.05, 0.1) is 0 Å². The normalized spacial score (nSPS) is 39.5. The molecule has 1 unspecified atom stereocenters. The van der Waals surface area contributed by atoms with Crippen molar-refractivity contribution in [3.05, 3.63) is 11.6 Å². The molecule has 4 saturated carbocycles. The number of ketones is 3. The summed E-state index contributed by atoms with van der Waals surface area (Å²) in [7, 11) is 0. The Morgan fingerprint density at radius 3 is 2.43 bits per heavy atom. The number of ether oxygens (including phenoxy) is 1. The van der Waals surface area contributed by atoms with Gasteiger partial charge in [-0.2, -0.15) is 0 Å². The maximum absolute atomic E-state index is 13.9. The molecular formula is C32H46O5. The van der Waals surface area contributed by atoms with E-state index >= 15 is 0 Å². The molecule has 0 radical (unpaired) electrons. The van der Waals surface area contributed by atoms with Gasteiger partial charge in [0.15, 0.2) is 5.78 Å². The fourth-order valence-corrected chi connectivity index (χ4v) is 9.22. The monoisotopic (exact) mass is 510 g/mol. The minimum absolute atomic E-state index is 0.0199. The first kappa shape index (κ1) is 26.8.